The van der Waals surface area contributed by atoms with Crippen molar-refractivity contribution in [3.05, 3.63) is 48.1 Å². The summed E-state index contributed by atoms with van der Waals surface area (Å²) in [6, 6.07) is 5.06. The number of alkyl halides is 2. The molecule has 1 saturated carbocycles. The molecule has 0 radical (unpaired) electrons. The van der Waals surface area contributed by atoms with E-state index in [4.69, 9.17) is 4.74 Å². The number of aromatic amines is 1. The quantitative estimate of drug-likeness (QED) is 0.605. The van der Waals surface area contributed by atoms with Crippen molar-refractivity contribution in [1.29, 1.82) is 0 Å². The molecule has 8 nitrogen and oxygen atoms in total. The largest absolute Gasteiger partial charge is 0.434 e. The first-order valence-electron chi connectivity index (χ1n) is 9.66. The van der Waals surface area contributed by atoms with Crippen molar-refractivity contribution < 1.29 is 18.3 Å². The van der Waals surface area contributed by atoms with Crippen LogP contribution in [0, 0.1) is 0 Å². The maximum Gasteiger partial charge on any atom is 0.387 e. The molecule has 2 aromatic rings. The number of H-pyrrole nitrogens is 1. The molecule has 1 aromatic carbocycles. The van der Waals surface area contributed by atoms with E-state index in [9.17, 15) is 13.6 Å². The fourth-order valence-electron chi connectivity index (χ4n) is 3.29. The van der Waals surface area contributed by atoms with Crippen LogP contribution in [-0.2, 0) is 4.79 Å². The van der Waals surface area contributed by atoms with Gasteiger partial charge in [0.2, 0.25) is 0 Å². The van der Waals surface area contributed by atoms with Gasteiger partial charge < -0.3 is 10.1 Å². The minimum atomic E-state index is -2.97. The van der Waals surface area contributed by atoms with Gasteiger partial charge >= 0.3 is 6.61 Å². The highest BCUT2D eigenvalue weighted by molar-refractivity contribution is 8.00. The van der Waals surface area contributed by atoms with Crippen LogP contribution in [0.5, 0.6) is 5.75 Å². The van der Waals surface area contributed by atoms with E-state index in [0.717, 1.165) is 17.7 Å². The average molecular weight is 444 g/mol. The third-order valence-electron chi connectivity index (χ3n) is 4.87. The summed E-state index contributed by atoms with van der Waals surface area (Å²) < 4.78 is 30.7. The highest BCUT2D eigenvalue weighted by atomic mass is 32.2. The number of allylic oxidation sites excluding steroid dienone is 1. The molecule has 160 valence electrons. The molecule has 0 bridgehead atoms. The van der Waals surface area contributed by atoms with Crippen LogP contribution in [0.3, 0.4) is 0 Å². The molecule has 1 aliphatic carbocycles. The Bertz CT molecular complexity index is 1110. The Balaban J connectivity index is 1.45. The molecule has 5 rings (SSSR count). The minimum Gasteiger partial charge on any atom is -0.434 e. The molecule has 0 unspecified atom stereocenters. The third-order valence-corrected chi connectivity index (χ3v) is 6.20. The average Bonchev–Trinajstić information content (AvgIpc) is 3.27. The summed E-state index contributed by atoms with van der Waals surface area (Å²) in [5, 5.41) is 11.8. The smallest absolute Gasteiger partial charge is 0.387 e. The first-order valence-corrected chi connectivity index (χ1v) is 10.5. The Hall–Kier alpha value is -3.18. The number of anilines is 1. The number of nitrogens with one attached hydrogen (secondary N) is 3. The predicted octanol–water partition coefficient (Wildman–Crippen LogP) is 3.50. The van der Waals surface area contributed by atoms with E-state index in [0.29, 0.717) is 40.1 Å². The zero-order valence-electron chi connectivity index (χ0n) is 16.1. The number of carbonyl (C=O) groups excluding carboxylic acids is 1. The number of thioether (sulfide) groups is 1. The van der Waals surface area contributed by atoms with Gasteiger partial charge in [-0.3, -0.25) is 14.9 Å². The molecule has 2 aliphatic heterocycles. The molecule has 1 amide bonds. The van der Waals surface area contributed by atoms with Crippen LogP contribution in [0.2, 0.25) is 0 Å². The Morgan fingerprint density at radius 3 is 3.03 bits per heavy atom. The standard InChI is InChI=1S/C20H18F2N6O2S/c21-20(22)30-16-5-4-12(31-11-2-3-11)8-13(16)17-15(10-24-27-17)26-19(29)14-9-25-28-7-1-6-23-18(14)28/h1,4-8,10-11,20,25H,2-3,9H2,(H,24,27)(H,26,29). The summed E-state index contributed by atoms with van der Waals surface area (Å²) in [7, 11) is 0. The monoisotopic (exact) mass is 444 g/mol. The summed E-state index contributed by atoms with van der Waals surface area (Å²) in [6.07, 6.45) is 8.84. The van der Waals surface area contributed by atoms with E-state index in [2.05, 4.69) is 25.9 Å². The molecule has 11 heteroatoms. The lowest BCUT2D eigenvalue weighted by Crippen LogP contribution is -2.27. The van der Waals surface area contributed by atoms with Crippen LogP contribution in [0.15, 0.2) is 58.0 Å². The van der Waals surface area contributed by atoms with Gasteiger partial charge in [0, 0.05) is 34.7 Å². The maximum absolute atomic E-state index is 13.0. The van der Waals surface area contributed by atoms with Crippen LogP contribution >= 0.6 is 11.8 Å². The SMILES string of the molecule is O=C(Nc1cn[nH]c1-c1cc(SC2CC2)ccc1OC(F)F)C1=C2N=CC=CN2NC1. The number of hydrogen-bond donors (Lipinski definition) is 3. The topological polar surface area (TPSA) is 94.6 Å². The molecule has 0 spiro atoms. The molecular weight excluding hydrogens is 426 g/mol. The van der Waals surface area contributed by atoms with E-state index >= 15 is 0 Å². The Labute approximate surface area is 180 Å². The zero-order chi connectivity index (χ0) is 21.4. The number of aliphatic imine (C=N–C) groups is 1. The van der Waals surface area contributed by atoms with Gasteiger partial charge in [-0.25, -0.2) is 10.4 Å². The molecule has 3 aliphatic rings. The van der Waals surface area contributed by atoms with Crippen molar-refractivity contribution in [3.8, 4) is 17.0 Å². The number of benzene rings is 1. The summed E-state index contributed by atoms with van der Waals surface area (Å²) in [6.45, 7) is -2.66. The first-order chi connectivity index (χ1) is 15.1. The van der Waals surface area contributed by atoms with Crippen LogP contribution in [0.1, 0.15) is 12.8 Å². The first kappa shape index (κ1) is 19.8. The summed E-state index contributed by atoms with van der Waals surface area (Å²) in [5.74, 6) is 0.155. The highest BCUT2D eigenvalue weighted by Crippen LogP contribution is 2.43. The van der Waals surface area contributed by atoms with E-state index in [1.807, 2.05) is 0 Å². The van der Waals surface area contributed by atoms with Crippen molar-refractivity contribution in [3.63, 3.8) is 0 Å². The van der Waals surface area contributed by atoms with Gasteiger partial charge in [-0.1, -0.05) is 0 Å². The third kappa shape index (κ3) is 4.19. The maximum atomic E-state index is 13.0. The van der Waals surface area contributed by atoms with Gasteiger partial charge in [-0.15, -0.1) is 11.8 Å². The molecule has 3 heterocycles. The lowest BCUT2D eigenvalue weighted by atomic mass is 10.1. The summed E-state index contributed by atoms with van der Waals surface area (Å²) >= 11 is 1.69. The molecule has 1 aromatic heterocycles. The second kappa shape index (κ2) is 8.16. The van der Waals surface area contributed by atoms with Crippen molar-refractivity contribution in [2.75, 3.05) is 11.9 Å². The van der Waals surface area contributed by atoms with Crippen molar-refractivity contribution in [1.82, 2.24) is 20.6 Å². The molecule has 3 N–H and O–H groups in total. The van der Waals surface area contributed by atoms with Gasteiger partial charge in [-0.2, -0.15) is 13.9 Å². The van der Waals surface area contributed by atoms with Gasteiger partial charge in [0.15, 0.2) is 5.82 Å². The number of nitrogens with zero attached hydrogens (tertiary/aromatic N) is 3. The van der Waals surface area contributed by atoms with E-state index < -0.39 is 6.61 Å². The van der Waals surface area contributed by atoms with Crippen molar-refractivity contribution in [2.45, 2.75) is 29.6 Å². The number of hydrazine groups is 1. The van der Waals surface area contributed by atoms with E-state index in [1.165, 1.54) is 12.3 Å². The number of ether oxygens (including phenoxy) is 1. The van der Waals surface area contributed by atoms with Crippen molar-refractivity contribution >= 4 is 29.6 Å². The number of hydrogen-bond acceptors (Lipinski definition) is 7. The minimum absolute atomic E-state index is 0.00708. The molecule has 1 fully saturated rings. The second-order valence-corrected chi connectivity index (χ2v) is 8.47. The molecular formula is C20H18F2N6O2S. The predicted molar refractivity (Wildman–Crippen MR) is 113 cm³/mol. The van der Waals surface area contributed by atoms with Crippen LogP contribution in [-0.4, -0.2) is 45.7 Å². The number of rotatable bonds is 7. The highest BCUT2D eigenvalue weighted by Gasteiger charge is 2.28. The van der Waals surface area contributed by atoms with E-state index in [-0.39, 0.29) is 11.7 Å². The number of halogens is 2. The lowest BCUT2D eigenvalue weighted by molar-refractivity contribution is -0.112. The van der Waals surface area contributed by atoms with Crippen LogP contribution < -0.4 is 15.5 Å². The Morgan fingerprint density at radius 1 is 1.35 bits per heavy atom. The van der Waals surface area contributed by atoms with Crippen LogP contribution in [0.25, 0.3) is 11.3 Å². The molecule has 31 heavy (non-hydrogen) atoms. The van der Waals surface area contributed by atoms with Crippen molar-refractivity contribution in [2.24, 2.45) is 4.99 Å². The van der Waals surface area contributed by atoms with Gasteiger partial charge in [0.05, 0.1) is 23.2 Å². The van der Waals surface area contributed by atoms with Gasteiger partial charge in [0.25, 0.3) is 5.91 Å². The fourth-order valence-corrected chi connectivity index (χ4v) is 4.38. The lowest BCUT2D eigenvalue weighted by Gasteiger charge is -2.16. The summed E-state index contributed by atoms with van der Waals surface area (Å²) in [5.41, 5.74) is 4.66. The number of carbonyl (C=O) groups is 1. The number of amides is 1. The second-order valence-electron chi connectivity index (χ2n) is 7.09. The molecule has 0 saturated heterocycles. The van der Waals surface area contributed by atoms with Crippen LogP contribution in [0.4, 0.5) is 14.5 Å². The number of fused-ring (bicyclic) bond motifs is 1. The van der Waals surface area contributed by atoms with Gasteiger partial charge in [-0.05, 0) is 37.1 Å². The zero-order valence-corrected chi connectivity index (χ0v) is 17.0. The van der Waals surface area contributed by atoms with Gasteiger partial charge in [0.1, 0.15) is 5.75 Å². The Morgan fingerprint density at radius 2 is 2.23 bits per heavy atom. The number of aromatic nitrogens is 2. The molecule has 0 atom stereocenters. The normalized spacial score (nSPS) is 17.5. The summed E-state index contributed by atoms with van der Waals surface area (Å²) in [4.78, 5) is 18.1. The fraction of sp³-hybridized carbons (Fsp3) is 0.250. The van der Waals surface area contributed by atoms with E-state index in [1.54, 1.807) is 47.4 Å². The Kier molecular flexibility index (Phi) is 5.20.